The van der Waals surface area contributed by atoms with E-state index in [2.05, 4.69) is 38.3 Å². The molecular weight excluding hydrogens is 528 g/mol. The molecule has 37 heavy (non-hydrogen) atoms. The summed E-state index contributed by atoms with van der Waals surface area (Å²) in [4.78, 5) is 19.4. The Morgan fingerprint density at radius 3 is 2.03 bits per heavy atom. The van der Waals surface area contributed by atoms with Gasteiger partial charge in [-0.2, -0.15) is 6.42 Å². The van der Waals surface area contributed by atoms with Gasteiger partial charge in [0.05, 0.1) is 12.3 Å². The smallest absolute Gasteiger partial charge is 0.542 e. The molecule has 0 saturated heterocycles. The minimum Gasteiger partial charge on any atom is -0.542 e. The van der Waals surface area contributed by atoms with Crippen molar-refractivity contribution in [1.29, 1.82) is 0 Å². The average molecular weight is 586 g/mol. The largest absolute Gasteiger partial charge is 2.00 e. The van der Waals surface area contributed by atoms with E-state index in [1.807, 2.05) is 6.29 Å². The van der Waals surface area contributed by atoms with Crippen molar-refractivity contribution in [2.75, 3.05) is 25.9 Å². The molecule has 0 saturated carbocycles. The first-order valence-electron chi connectivity index (χ1n) is 14.3. The van der Waals surface area contributed by atoms with E-state index in [1.54, 1.807) is 0 Å². The van der Waals surface area contributed by atoms with Gasteiger partial charge in [-0.1, -0.05) is 89.9 Å². The first-order chi connectivity index (χ1) is 17.4. The van der Waals surface area contributed by atoms with Gasteiger partial charge in [-0.05, 0) is 45.1 Å². The molecule has 0 aliphatic rings. The van der Waals surface area contributed by atoms with Crippen molar-refractivity contribution in [3.8, 4) is 0 Å². The van der Waals surface area contributed by atoms with E-state index in [9.17, 15) is 14.3 Å². The number of rotatable bonds is 26. The second-order valence-corrected chi connectivity index (χ2v) is 11.2. The molecule has 0 aromatic carbocycles. The SMILES string of the molecule is C=C(CCCCCP(=O)(O)OCC[NH3+])OC[CH2-].CCCCCCCC/C=C\CCCCCCC[C-]=O.[Mn+2]. The Morgan fingerprint density at radius 1 is 0.946 bits per heavy atom. The van der Waals surface area contributed by atoms with Crippen LogP contribution in [0.25, 0.3) is 0 Å². The summed E-state index contributed by atoms with van der Waals surface area (Å²) < 4.78 is 21.4. The molecule has 6 nitrogen and oxygen atoms in total. The molecule has 0 aliphatic carbocycles. The average Bonchev–Trinajstić information content (AvgIpc) is 2.85. The standard InChI is InChI=1S/C18H33O.C11H23NO4P.Mn/c1-2-3-4-5-6-7-8-9-10-11-12-13-14-15-16-17-18-19;1-3-15-11(2)7-5-4-6-10-17(13,14)16-9-8-12;/h9-10H,2-8,11-17H2,1H3;1-10,12H2,(H,13,14);/q2*-1;+2/p+1/b10-9-;;. The predicted octanol–water partition coefficient (Wildman–Crippen LogP) is 7.49. The topological polar surface area (TPSA) is 100 Å². The molecule has 0 rings (SSSR count). The third kappa shape index (κ3) is 37.8. The molecule has 0 bridgehead atoms. The Balaban J connectivity index is -0.000000612. The molecule has 1 atom stereocenters. The van der Waals surface area contributed by atoms with Gasteiger partial charge >= 0.3 is 24.7 Å². The molecule has 1 radical (unpaired) electrons. The van der Waals surface area contributed by atoms with Crippen LogP contribution in [0.2, 0.25) is 0 Å². The van der Waals surface area contributed by atoms with Gasteiger partial charge < -0.3 is 31.6 Å². The molecular formula is C29H57MnNO5P+. The molecule has 0 aliphatic heterocycles. The Labute approximate surface area is 239 Å². The van der Waals surface area contributed by atoms with Crippen molar-refractivity contribution in [3.05, 3.63) is 31.4 Å². The minimum atomic E-state index is -3.39. The van der Waals surface area contributed by atoms with E-state index in [4.69, 9.17) is 9.26 Å². The van der Waals surface area contributed by atoms with Crippen molar-refractivity contribution in [2.45, 2.75) is 122 Å². The molecule has 0 spiro atoms. The number of hydrogen-bond acceptors (Lipinski definition) is 4. The molecule has 8 heteroatoms. The van der Waals surface area contributed by atoms with E-state index in [-0.39, 0.29) is 29.8 Å². The van der Waals surface area contributed by atoms with E-state index in [0.717, 1.165) is 31.4 Å². The molecule has 0 heterocycles. The summed E-state index contributed by atoms with van der Waals surface area (Å²) in [6.45, 7) is 10.7. The predicted molar refractivity (Wildman–Crippen MR) is 152 cm³/mol. The summed E-state index contributed by atoms with van der Waals surface area (Å²) in [6, 6.07) is 0. The number of ether oxygens (including phenoxy) is 1. The fourth-order valence-corrected chi connectivity index (χ4v) is 4.73. The maximum atomic E-state index is 11.4. The van der Waals surface area contributed by atoms with Gasteiger partial charge in [-0.25, -0.2) is 0 Å². The van der Waals surface area contributed by atoms with Crippen molar-refractivity contribution < 1.29 is 46.3 Å². The van der Waals surface area contributed by atoms with Crippen molar-refractivity contribution in [1.82, 2.24) is 0 Å². The Kier molecular flexibility index (Phi) is 37.3. The van der Waals surface area contributed by atoms with Gasteiger partial charge in [0.25, 0.3) is 0 Å². The number of hydrogen-bond donors (Lipinski definition) is 2. The summed E-state index contributed by atoms with van der Waals surface area (Å²) in [5, 5.41) is 0. The first-order valence-corrected chi connectivity index (χ1v) is 16.0. The Bertz CT molecular complexity index is 560. The van der Waals surface area contributed by atoms with Crippen LogP contribution in [0.15, 0.2) is 24.5 Å². The zero-order chi connectivity index (χ0) is 27.2. The monoisotopic (exact) mass is 585 g/mol. The molecule has 0 amide bonds. The fourth-order valence-electron chi connectivity index (χ4n) is 3.57. The van der Waals surface area contributed by atoms with Gasteiger partial charge in [0.15, 0.2) is 0 Å². The number of unbranched alkanes of at least 4 members (excludes halogenated alkanes) is 14. The van der Waals surface area contributed by atoms with Gasteiger partial charge in [-0.3, -0.25) is 10.9 Å². The van der Waals surface area contributed by atoms with Gasteiger partial charge in [0.2, 0.25) is 0 Å². The van der Waals surface area contributed by atoms with Crippen molar-refractivity contribution in [3.63, 3.8) is 0 Å². The summed E-state index contributed by atoms with van der Waals surface area (Å²) in [6.07, 6.45) is 27.6. The van der Waals surface area contributed by atoms with E-state index in [0.29, 0.717) is 26.0 Å². The molecule has 219 valence electrons. The van der Waals surface area contributed by atoms with E-state index < -0.39 is 7.60 Å². The minimum absolute atomic E-state index is 0. The Hall–Kier alpha value is -0.421. The van der Waals surface area contributed by atoms with Crippen LogP contribution >= 0.6 is 7.60 Å². The maximum Gasteiger partial charge on any atom is 2.00 e. The van der Waals surface area contributed by atoms with Crippen LogP contribution in [-0.4, -0.2) is 37.1 Å². The number of carbonyl (C=O) groups excluding carboxylic acids is 1. The van der Waals surface area contributed by atoms with Gasteiger partial charge in [-0.15, -0.1) is 0 Å². The molecule has 0 aromatic rings. The summed E-state index contributed by atoms with van der Waals surface area (Å²) in [5.41, 5.74) is 3.55. The fraction of sp³-hybridized carbons (Fsp3) is 0.793. The van der Waals surface area contributed by atoms with Crippen molar-refractivity contribution >= 4 is 13.9 Å². The summed E-state index contributed by atoms with van der Waals surface area (Å²) >= 11 is 0. The quantitative estimate of drug-likeness (QED) is 0.0274. The van der Waals surface area contributed by atoms with E-state index in [1.165, 1.54) is 77.0 Å². The summed E-state index contributed by atoms with van der Waals surface area (Å²) in [5.74, 6) is 0.723. The van der Waals surface area contributed by atoms with Crippen LogP contribution in [0.1, 0.15) is 122 Å². The van der Waals surface area contributed by atoms with Crippen LogP contribution < -0.4 is 5.73 Å². The molecule has 4 N–H and O–H groups in total. The van der Waals surface area contributed by atoms with Crippen LogP contribution in [0, 0.1) is 6.92 Å². The van der Waals surface area contributed by atoms with Crippen molar-refractivity contribution in [2.24, 2.45) is 0 Å². The van der Waals surface area contributed by atoms with Crippen LogP contribution in [0.4, 0.5) is 0 Å². The molecule has 1 unspecified atom stereocenters. The second-order valence-electron chi connectivity index (χ2n) is 9.22. The first kappa shape index (κ1) is 41.1. The van der Waals surface area contributed by atoms with Gasteiger partial charge in [0, 0.05) is 12.6 Å². The zero-order valence-electron chi connectivity index (χ0n) is 23.7. The van der Waals surface area contributed by atoms with Crippen LogP contribution in [0.5, 0.6) is 0 Å². The molecule has 0 aromatic heterocycles. The third-order valence-corrected chi connectivity index (χ3v) is 7.15. The summed E-state index contributed by atoms with van der Waals surface area (Å²) in [7, 11) is -3.39. The van der Waals surface area contributed by atoms with E-state index >= 15 is 0 Å². The number of quaternary nitrogens is 1. The zero-order valence-corrected chi connectivity index (χ0v) is 25.8. The van der Waals surface area contributed by atoms with Gasteiger partial charge in [0.1, 0.15) is 6.61 Å². The normalized spacial score (nSPS) is 12.3. The maximum absolute atomic E-state index is 11.4. The Morgan fingerprint density at radius 2 is 1.49 bits per heavy atom. The third-order valence-electron chi connectivity index (χ3n) is 5.68. The van der Waals surface area contributed by atoms with Crippen LogP contribution in [0.3, 0.4) is 0 Å². The number of allylic oxidation sites excluding steroid dienone is 3. The van der Waals surface area contributed by atoms with Crippen LogP contribution in [-0.2, 0) is 35.7 Å². The second kappa shape index (κ2) is 33.6. The molecule has 0 fully saturated rings.